The SMILES string of the molecule is Cc1cc(C)c(C)c(-c2cc(C)cc(C)c2OP2Cc3ccccc3-c3ccccc3O2)c1. The minimum atomic E-state index is -1.21. The van der Waals surface area contributed by atoms with Crippen LogP contribution in [0.15, 0.2) is 72.8 Å². The van der Waals surface area contributed by atoms with Gasteiger partial charge in [0.05, 0.1) is 6.16 Å². The van der Waals surface area contributed by atoms with E-state index in [1.165, 1.54) is 38.9 Å². The summed E-state index contributed by atoms with van der Waals surface area (Å²) in [6, 6.07) is 25.8. The minimum Gasteiger partial charge on any atom is -0.438 e. The molecule has 4 aromatic carbocycles. The van der Waals surface area contributed by atoms with Crippen molar-refractivity contribution in [1.82, 2.24) is 0 Å². The van der Waals surface area contributed by atoms with Crippen molar-refractivity contribution in [3.8, 4) is 33.8 Å². The van der Waals surface area contributed by atoms with E-state index in [1.54, 1.807) is 0 Å². The van der Waals surface area contributed by atoms with Gasteiger partial charge in [-0.25, -0.2) is 0 Å². The molecule has 4 aromatic rings. The van der Waals surface area contributed by atoms with Gasteiger partial charge in [-0.05, 0) is 85.7 Å². The Bertz CT molecular complexity index is 1310. The molecule has 0 spiro atoms. The molecule has 1 aliphatic heterocycles. The zero-order valence-corrected chi connectivity index (χ0v) is 20.8. The fraction of sp³-hybridized carbons (Fsp3) is 0.200. The van der Waals surface area contributed by atoms with E-state index >= 15 is 0 Å². The summed E-state index contributed by atoms with van der Waals surface area (Å²) in [6.07, 6.45) is 0.749. The topological polar surface area (TPSA) is 18.5 Å². The Labute approximate surface area is 198 Å². The molecule has 0 saturated heterocycles. The van der Waals surface area contributed by atoms with E-state index in [1.807, 2.05) is 12.1 Å². The molecule has 0 radical (unpaired) electrons. The van der Waals surface area contributed by atoms with Gasteiger partial charge in [-0.15, -0.1) is 0 Å². The van der Waals surface area contributed by atoms with Gasteiger partial charge >= 0.3 is 0 Å². The van der Waals surface area contributed by atoms with Gasteiger partial charge in [0, 0.05) is 11.1 Å². The van der Waals surface area contributed by atoms with E-state index < -0.39 is 8.38 Å². The average molecular weight is 453 g/mol. The molecule has 0 aliphatic carbocycles. The number of hydrogen-bond donors (Lipinski definition) is 0. The van der Waals surface area contributed by atoms with Crippen LogP contribution >= 0.6 is 8.38 Å². The predicted octanol–water partition coefficient (Wildman–Crippen LogP) is 8.85. The maximum atomic E-state index is 6.80. The Hall–Kier alpha value is -3.09. The molecule has 33 heavy (non-hydrogen) atoms. The maximum Gasteiger partial charge on any atom is 0.295 e. The van der Waals surface area contributed by atoms with Crippen LogP contribution in [0.5, 0.6) is 11.5 Å². The number of para-hydroxylation sites is 1. The zero-order chi connectivity index (χ0) is 23.1. The molecule has 3 heteroatoms. The van der Waals surface area contributed by atoms with Crippen molar-refractivity contribution in [2.45, 2.75) is 40.8 Å². The first kappa shape index (κ1) is 21.7. The molecule has 0 N–H and O–H groups in total. The van der Waals surface area contributed by atoms with Crippen LogP contribution in [-0.4, -0.2) is 0 Å². The third kappa shape index (κ3) is 4.16. The van der Waals surface area contributed by atoms with Crippen molar-refractivity contribution in [2.24, 2.45) is 0 Å². The van der Waals surface area contributed by atoms with E-state index in [0.717, 1.165) is 34.4 Å². The highest BCUT2D eigenvalue weighted by molar-refractivity contribution is 7.47. The number of hydrogen-bond acceptors (Lipinski definition) is 2. The molecule has 1 atom stereocenters. The van der Waals surface area contributed by atoms with Crippen LogP contribution in [-0.2, 0) is 6.16 Å². The first-order valence-electron chi connectivity index (χ1n) is 11.4. The highest BCUT2D eigenvalue weighted by Gasteiger charge is 2.26. The summed E-state index contributed by atoms with van der Waals surface area (Å²) < 4.78 is 13.3. The molecule has 166 valence electrons. The monoisotopic (exact) mass is 452 g/mol. The van der Waals surface area contributed by atoms with Crippen molar-refractivity contribution in [3.63, 3.8) is 0 Å². The molecule has 5 rings (SSSR count). The lowest BCUT2D eigenvalue weighted by Gasteiger charge is -2.22. The van der Waals surface area contributed by atoms with Crippen LogP contribution in [0.25, 0.3) is 22.3 Å². The normalized spacial score (nSPS) is 14.6. The molecule has 0 aromatic heterocycles. The Morgan fingerprint density at radius 1 is 0.667 bits per heavy atom. The molecule has 1 unspecified atom stereocenters. The molecule has 0 fully saturated rings. The van der Waals surface area contributed by atoms with Crippen molar-refractivity contribution < 1.29 is 9.05 Å². The highest BCUT2D eigenvalue weighted by atomic mass is 31.2. The number of aryl methyl sites for hydroxylation is 4. The number of fused-ring (bicyclic) bond motifs is 3. The van der Waals surface area contributed by atoms with Gasteiger partial charge in [0.25, 0.3) is 8.38 Å². The molecule has 0 bridgehead atoms. The third-order valence-corrected chi connectivity index (χ3v) is 7.79. The van der Waals surface area contributed by atoms with Crippen LogP contribution in [0.3, 0.4) is 0 Å². The zero-order valence-electron chi connectivity index (χ0n) is 19.9. The van der Waals surface area contributed by atoms with Crippen molar-refractivity contribution >= 4 is 8.38 Å². The van der Waals surface area contributed by atoms with Gasteiger partial charge in [0.15, 0.2) is 0 Å². The standard InChI is InChI=1S/C30H29O2P/c1-19-14-21(3)23(5)27(16-19)28-17-20(2)15-22(4)30(28)32-33-18-24-10-6-7-11-25(24)26-12-8-9-13-29(26)31-33/h6-17H,18H2,1-5H3. The Morgan fingerprint density at radius 2 is 1.30 bits per heavy atom. The van der Waals surface area contributed by atoms with Gasteiger partial charge in [0.2, 0.25) is 0 Å². The Kier molecular flexibility index (Phi) is 5.72. The highest BCUT2D eigenvalue weighted by Crippen LogP contribution is 2.53. The van der Waals surface area contributed by atoms with E-state index in [4.69, 9.17) is 9.05 Å². The van der Waals surface area contributed by atoms with E-state index in [9.17, 15) is 0 Å². The van der Waals surface area contributed by atoms with Crippen LogP contribution in [0, 0.1) is 34.6 Å². The molecule has 0 amide bonds. The van der Waals surface area contributed by atoms with E-state index in [-0.39, 0.29) is 0 Å². The van der Waals surface area contributed by atoms with Crippen molar-refractivity contribution in [3.05, 3.63) is 106 Å². The molecule has 2 nitrogen and oxygen atoms in total. The fourth-order valence-electron chi connectivity index (χ4n) is 4.72. The second kappa shape index (κ2) is 8.69. The first-order chi connectivity index (χ1) is 15.9. The Balaban J connectivity index is 1.61. The molecule has 1 heterocycles. The second-order valence-electron chi connectivity index (χ2n) is 9.04. The van der Waals surface area contributed by atoms with Crippen LogP contribution in [0.2, 0.25) is 0 Å². The third-order valence-electron chi connectivity index (χ3n) is 6.41. The van der Waals surface area contributed by atoms with E-state index in [2.05, 4.69) is 95.3 Å². The van der Waals surface area contributed by atoms with Crippen LogP contribution in [0.1, 0.15) is 33.4 Å². The van der Waals surface area contributed by atoms with Crippen LogP contribution < -0.4 is 9.05 Å². The second-order valence-corrected chi connectivity index (χ2v) is 10.4. The first-order valence-corrected chi connectivity index (χ1v) is 12.8. The van der Waals surface area contributed by atoms with E-state index in [0.29, 0.717) is 0 Å². The van der Waals surface area contributed by atoms with Crippen molar-refractivity contribution in [2.75, 3.05) is 0 Å². The summed E-state index contributed by atoms with van der Waals surface area (Å²) in [5.41, 5.74) is 12.2. The van der Waals surface area contributed by atoms with Crippen molar-refractivity contribution in [1.29, 1.82) is 0 Å². The Morgan fingerprint density at radius 3 is 2.09 bits per heavy atom. The summed E-state index contributed by atoms with van der Waals surface area (Å²) in [7, 11) is -1.21. The molecule has 0 saturated carbocycles. The summed E-state index contributed by atoms with van der Waals surface area (Å²) >= 11 is 0. The van der Waals surface area contributed by atoms with Gasteiger partial charge < -0.3 is 9.05 Å². The molecular formula is C30H29O2P. The maximum absolute atomic E-state index is 6.80. The number of benzene rings is 4. The lowest BCUT2D eigenvalue weighted by molar-refractivity contribution is 0.490. The largest absolute Gasteiger partial charge is 0.438 e. The summed E-state index contributed by atoms with van der Waals surface area (Å²) in [5.74, 6) is 1.82. The lowest BCUT2D eigenvalue weighted by Crippen LogP contribution is -2.01. The summed E-state index contributed by atoms with van der Waals surface area (Å²) in [4.78, 5) is 0. The molecular weight excluding hydrogens is 423 g/mol. The number of rotatable bonds is 3. The molecule has 1 aliphatic rings. The smallest absolute Gasteiger partial charge is 0.295 e. The quantitative estimate of drug-likeness (QED) is 0.289. The fourth-order valence-corrected chi connectivity index (χ4v) is 6.26. The van der Waals surface area contributed by atoms with Crippen LogP contribution in [0.4, 0.5) is 0 Å². The minimum absolute atomic E-state index is 0.749. The van der Waals surface area contributed by atoms with Gasteiger partial charge in [0.1, 0.15) is 11.5 Å². The lowest BCUT2D eigenvalue weighted by atomic mass is 9.92. The summed E-state index contributed by atoms with van der Waals surface area (Å²) in [5, 5.41) is 0. The summed E-state index contributed by atoms with van der Waals surface area (Å²) in [6.45, 7) is 10.8. The average Bonchev–Trinajstić information content (AvgIpc) is 2.94. The van der Waals surface area contributed by atoms with Gasteiger partial charge in [-0.3, -0.25) is 0 Å². The van der Waals surface area contributed by atoms with Gasteiger partial charge in [-0.1, -0.05) is 66.2 Å². The predicted molar refractivity (Wildman–Crippen MR) is 139 cm³/mol. The van der Waals surface area contributed by atoms with Gasteiger partial charge in [-0.2, -0.15) is 0 Å².